The van der Waals surface area contributed by atoms with Gasteiger partial charge in [0.1, 0.15) is 5.75 Å². The molecule has 0 spiro atoms. The Labute approximate surface area is 203 Å². The zero-order valence-electron chi connectivity index (χ0n) is 17.7. The van der Waals surface area contributed by atoms with E-state index >= 15 is 0 Å². The Bertz CT molecular complexity index is 1200. The van der Waals surface area contributed by atoms with Crippen molar-refractivity contribution in [3.05, 3.63) is 89.4 Å². The van der Waals surface area contributed by atoms with Crippen LogP contribution in [0.5, 0.6) is 5.75 Å². The number of fused-ring (bicyclic) bond motifs is 1. The first-order valence-corrected chi connectivity index (χ1v) is 13.4. The molecule has 1 heterocycles. The second kappa shape index (κ2) is 10.5. The molecule has 172 valence electrons. The number of carbonyl (C=O) groups excluding carboxylic acids is 1. The minimum atomic E-state index is -3.91. The first-order chi connectivity index (χ1) is 15.9. The van der Waals surface area contributed by atoms with E-state index in [1.165, 1.54) is 34.1 Å². The molecule has 0 aliphatic carbocycles. The topological polar surface area (TPSA) is 75.7 Å². The summed E-state index contributed by atoms with van der Waals surface area (Å²) >= 11 is 7.63. The van der Waals surface area contributed by atoms with Gasteiger partial charge in [-0.15, -0.1) is 0 Å². The van der Waals surface area contributed by atoms with Gasteiger partial charge in [0, 0.05) is 23.1 Å². The number of para-hydroxylation sites is 2. The molecular formula is C24H23ClN2O4S2. The molecular weight excluding hydrogens is 480 g/mol. The molecule has 0 bridgehead atoms. The lowest BCUT2D eigenvalue weighted by Gasteiger charge is -2.34. The van der Waals surface area contributed by atoms with Crippen molar-refractivity contribution < 1.29 is 17.9 Å². The minimum absolute atomic E-state index is 0.0973. The van der Waals surface area contributed by atoms with Crippen LogP contribution in [-0.4, -0.2) is 39.3 Å². The summed E-state index contributed by atoms with van der Waals surface area (Å²) in [5.41, 5.74) is 1.62. The summed E-state index contributed by atoms with van der Waals surface area (Å²) in [7, 11) is -3.91. The van der Waals surface area contributed by atoms with E-state index in [1.54, 1.807) is 36.0 Å². The van der Waals surface area contributed by atoms with Crippen molar-refractivity contribution in [2.45, 2.75) is 16.8 Å². The van der Waals surface area contributed by atoms with E-state index in [-0.39, 0.29) is 17.3 Å². The summed E-state index contributed by atoms with van der Waals surface area (Å²) in [6.45, 7) is 0.340. The van der Waals surface area contributed by atoms with E-state index in [9.17, 15) is 13.2 Å². The molecule has 0 saturated heterocycles. The zero-order valence-corrected chi connectivity index (χ0v) is 20.1. The van der Waals surface area contributed by atoms with Gasteiger partial charge in [0.2, 0.25) is 0 Å². The number of anilines is 1. The van der Waals surface area contributed by atoms with Gasteiger partial charge in [-0.2, -0.15) is 11.8 Å². The molecule has 1 atom stereocenters. The van der Waals surface area contributed by atoms with E-state index in [0.717, 1.165) is 11.5 Å². The van der Waals surface area contributed by atoms with E-state index in [0.29, 0.717) is 23.0 Å². The Kier molecular flexibility index (Phi) is 7.47. The molecule has 3 aromatic carbocycles. The number of rotatable bonds is 8. The van der Waals surface area contributed by atoms with E-state index in [2.05, 4.69) is 17.4 Å². The van der Waals surface area contributed by atoms with E-state index in [4.69, 9.17) is 16.3 Å². The first kappa shape index (κ1) is 23.5. The van der Waals surface area contributed by atoms with Crippen LogP contribution < -0.4 is 14.4 Å². The van der Waals surface area contributed by atoms with Crippen LogP contribution in [0.1, 0.15) is 5.56 Å². The molecule has 9 heteroatoms. The van der Waals surface area contributed by atoms with Crippen LogP contribution in [0.15, 0.2) is 83.8 Å². The number of hydrogen-bond acceptors (Lipinski definition) is 5. The van der Waals surface area contributed by atoms with Crippen LogP contribution in [0.4, 0.5) is 5.69 Å². The summed E-state index contributed by atoms with van der Waals surface area (Å²) < 4.78 is 33.8. The van der Waals surface area contributed by atoms with Crippen molar-refractivity contribution in [3.8, 4) is 5.75 Å². The third-order valence-corrected chi connectivity index (χ3v) is 8.16. The minimum Gasteiger partial charge on any atom is -0.476 e. The Morgan fingerprint density at radius 1 is 1.03 bits per heavy atom. The summed E-state index contributed by atoms with van der Waals surface area (Å²) in [6.07, 6.45) is -0.957. The fraction of sp³-hybridized carbons (Fsp3) is 0.208. The van der Waals surface area contributed by atoms with Gasteiger partial charge in [0.15, 0.2) is 6.10 Å². The molecule has 0 aromatic heterocycles. The van der Waals surface area contributed by atoms with Gasteiger partial charge < -0.3 is 10.1 Å². The van der Waals surface area contributed by atoms with Crippen molar-refractivity contribution in [2.24, 2.45) is 0 Å². The monoisotopic (exact) mass is 502 g/mol. The summed E-state index contributed by atoms with van der Waals surface area (Å²) in [6, 6.07) is 22.9. The number of nitrogens with zero attached hydrogens (tertiary/aromatic N) is 1. The van der Waals surface area contributed by atoms with Crippen LogP contribution >= 0.6 is 23.4 Å². The number of thioether (sulfide) groups is 1. The number of hydrogen-bond donors (Lipinski definition) is 1. The lowest BCUT2D eigenvalue weighted by Crippen LogP contribution is -2.51. The SMILES string of the molecule is O=C(NCCSCc1ccccc1)C1CN(S(=O)(=O)c2ccc(Cl)cc2)c2ccccc2O1. The third-order valence-electron chi connectivity index (χ3n) is 5.09. The number of sulfonamides is 1. The second-order valence-electron chi connectivity index (χ2n) is 7.39. The summed E-state index contributed by atoms with van der Waals surface area (Å²) in [4.78, 5) is 12.9. The van der Waals surface area contributed by atoms with Gasteiger partial charge in [0.05, 0.1) is 17.1 Å². The maximum Gasteiger partial charge on any atom is 0.264 e. The average molecular weight is 503 g/mol. The molecule has 0 radical (unpaired) electrons. The zero-order chi connectivity index (χ0) is 23.3. The van der Waals surface area contributed by atoms with E-state index in [1.807, 2.05) is 18.2 Å². The summed E-state index contributed by atoms with van der Waals surface area (Å²) in [5, 5.41) is 3.31. The van der Waals surface area contributed by atoms with E-state index < -0.39 is 16.1 Å². The smallest absolute Gasteiger partial charge is 0.264 e. The van der Waals surface area contributed by atoms with Crippen molar-refractivity contribution >= 4 is 45.0 Å². The highest BCUT2D eigenvalue weighted by Gasteiger charge is 2.37. The quantitative estimate of drug-likeness (QED) is 0.463. The highest BCUT2D eigenvalue weighted by molar-refractivity contribution is 7.98. The third kappa shape index (κ3) is 5.63. The molecule has 33 heavy (non-hydrogen) atoms. The van der Waals surface area contributed by atoms with Crippen molar-refractivity contribution in [3.63, 3.8) is 0 Å². The number of nitrogens with one attached hydrogen (secondary N) is 1. The van der Waals surface area contributed by atoms with Gasteiger partial charge in [-0.05, 0) is 42.0 Å². The predicted molar refractivity (Wildman–Crippen MR) is 132 cm³/mol. The Balaban J connectivity index is 1.42. The van der Waals surface area contributed by atoms with Crippen LogP contribution in [0.3, 0.4) is 0 Å². The van der Waals surface area contributed by atoms with Gasteiger partial charge in [-0.3, -0.25) is 9.10 Å². The molecule has 0 fully saturated rings. The highest BCUT2D eigenvalue weighted by atomic mass is 35.5. The van der Waals surface area contributed by atoms with Gasteiger partial charge in [-0.1, -0.05) is 54.1 Å². The number of benzene rings is 3. The second-order valence-corrected chi connectivity index (χ2v) is 10.8. The van der Waals surface area contributed by atoms with Crippen LogP contribution in [0.2, 0.25) is 5.02 Å². The van der Waals surface area contributed by atoms with Gasteiger partial charge in [-0.25, -0.2) is 8.42 Å². The Hall–Kier alpha value is -2.68. The molecule has 4 rings (SSSR count). The fourth-order valence-electron chi connectivity index (χ4n) is 3.42. The molecule has 6 nitrogen and oxygen atoms in total. The first-order valence-electron chi connectivity index (χ1n) is 10.4. The average Bonchev–Trinajstić information content (AvgIpc) is 2.84. The van der Waals surface area contributed by atoms with Crippen LogP contribution in [-0.2, 0) is 20.6 Å². The molecule has 1 amide bonds. The normalized spacial score (nSPS) is 15.4. The van der Waals surface area contributed by atoms with Crippen molar-refractivity contribution in [2.75, 3.05) is 23.1 Å². The Morgan fingerprint density at radius 2 is 1.73 bits per heavy atom. The lowest BCUT2D eigenvalue weighted by molar-refractivity contribution is -0.127. The highest BCUT2D eigenvalue weighted by Crippen LogP contribution is 2.36. The maximum atomic E-state index is 13.4. The molecule has 1 unspecified atom stereocenters. The molecule has 3 aromatic rings. The Morgan fingerprint density at radius 3 is 2.48 bits per heavy atom. The van der Waals surface area contributed by atoms with Crippen molar-refractivity contribution in [1.82, 2.24) is 5.32 Å². The number of halogens is 1. The fourth-order valence-corrected chi connectivity index (χ4v) is 5.85. The number of carbonyl (C=O) groups is 1. The molecule has 1 aliphatic rings. The maximum absolute atomic E-state index is 13.4. The van der Waals surface area contributed by atoms with Crippen LogP contribution in [0.25, 0.3) is 0 Å². The van der Waals surface area contributed by atoms with Gasteiger partial charge >= 0.3 is 0 Å². The van der Waals surface area contributed by atoms with Gasteiger partial charge in [0.25, 0.3) is 15.9 Å². The summed E-state index contributed by atoms with van der Waals surface area (Å²) in [5.74, 6) is 1.59. The number of ether oxygens (including phenoxy) is 1. The van der Waals surface area contributed by atoms with Crippen LogP contribution in [0, 0.1) is 0 Å². The molecule has 1 N–H and O–H groups in total. The largest absolute Gasteiger partial charge is 0.476 e. The predicted octanol–water partition coefficient (Wildman–Crippen LogP) is 4.35. The number of amides is 1. The molecule has 1 aliphatic heterocycles. The molecule has 0 saturated carbocycles. The van der Waals surface area contributed by atoms with Crippen molar-refractivity contribution in [1.29, 1.82) is 0 Å². The standard InChI is InChI=1S/C24H23ClN2O4S2/c25-19-10-12-20(13-11-19)33(29,30)27-16-23(31-22-9-5-4-8-21(22)27)24(28)26-14-15-32-17-18-6-2-1-3-7-18/h1-13,23H,14-17H2,(H,26,28). The lowest BCUT2D eigenvalue weighted by atomic mass is 10.2.